The molecule has 0 saturated carbocycles. The second-order valence-corrected chi connectivity index (χ2v) is 9.11. The number of nitriles is 1. The monoisotopic (exact) mass is 486 g/mol. The third-order valence-electron chi connectivity index (χ3n) is 5.66. The summed E-state index contributed by atoms with van der Waals surface area (Å²) in [6, 6.07) is 20.9. The van der Waals surface area contributed by atoms with Crippen LogP contribution in [-0.2, 0) is 11.4 Å². The molecule has 1 aliphatic heterocycles. The van der Waals surface area contributed by atoms with Gasteiger partial charge in [0, 0.05) is 23.2 Å². The van der Waals surface area contributed by atoms with E-state index in [4.69, 9.17) is 21.1 Å². The smallest absolute Gasteiger partial charge is 0.259 e. The number of anilines is 1. The van der Waals surface area contributed by atoms with Crippen LogP contribution in [0.2, 0.25) is 5.02 Å². The maximum Gasteiger partial charge on any atom is 0.259 e. The van der Waals surface area contributed by atoms with Gasteiger partial charge in [-0.15, -0.1) is 0 Å². The largest absolute Gasteiger partial charge is 0.490 e. The molecule has 6 heteroatoms. The number of amides is 1. The molecule has 0 saturated heterocycles. The molecule has 1 amide bonds. The Hall–Kier alpha value is -3.75. The van der Waals surface area contributed by atoms with E-state index in [-0.39, 0.29) is 12.5 Å². The number of benzene rings is 3. The van der Waals surface area contributed by atoms with Gasteiger partial charge in [-0.3, -0.25) is 4.79 Å². The molecule has 0 aliphatic carbocycles. The lowest BCUT2D eigenvalue weighted by Gasteiger charge is -2.19. The van der Waals surface area contributed by atoms with Gasteiger partial charge in [-0.25, -0.2) is 0 Å². The van der Waals surface area contributed by atoms with Gasteiger partial charge < -0.3 is 14.4 Å². The Bertz CT molecular complexity index is 1320. The van der Waals surface area contributed by atoms with Crippen molar-refractivity contribution in [2.24, 2.45) is 5.92 Å². The predicted molar refractivity (Wildman–Crippen MR) is 140 cm³/mol. The van der Waals surface area contributed by atoms with E-state index in [9.17, 15) is 10.1 Å². The number of ether oxygens (including phenoxy) is 2. The van der Waals surface area contributed by atoms with Gasteiger partial charge in [0.2, 0.25) is 0 Å². The fourth-order valence-corrected chi connectivity index (χ4v) is 4.41. The van der Waals surface area contributed by atoms with E-state index in [0.29, 0.717) is 46.7 Å². The second-order valence-electron chi connectivity index (χ2n) is 8.71. The van der Waals surface area contributed by atoms with Crippen molar-refractivity contribution in [3.8, 4) is 17.6 Å². The standard InChI is InChI=1S/C29H27ClN2O3/c1-4-34-27-15-20(14-25(30)28(27)35-18-22-10-6-5-9-21(22)16-31)13-24-23-11-7-8-12-26(23)32(29(24)33)17-19(2)3/h5-15,19H,4,17-18H2,1-3H3/b24-13-. The fraction of sp³-hybridized carbons (Fsp3) is 0.241. The van der Waals surface area contributed by atoms with Crippen LogP contribution < -0.4 is 14.4 Å². The first-order chi connectivity index (χ1) is 16.9. The maximum atomic E-state index is 13.3. The van der Waals surface area contributed by atoms with E-state index >= 15 is 0 Å². The summed E-state index contributed by atoms with van der Waals surface area (Å²) in [4.78, 5) is 15.2. The molecule has 0 aromatic heterocycles. The topological polar surface area (TPSA) is 62.6 Å². The first-order valence-electron chi connectivity index (χ1n) is 11.6. The molecule has 0 spiro atoms. The van der Waals surface area contributed by atoms with Crippen molar-refractivity contribution in [1.82, 2.24) is 0 Å². The van der Waals surface area contributed by atoms with Crippen molar-refractivity contribution >= 4 is 34.8 Å². The number of carbonyl (C=O) groups is 1. The van der Waals surface area contributed by atoms with Gasteiger partial charge in [-0.05, 0) is 48.7 Å². The van der Waals surface area contributed by atoms with E-state index in [1.807, 2.05) is 66.4 Å². The Morgan fingerprint density at radius 2 is 1.83 bits per heavy atom. The molecule has 3 aromatic rings. The van der Waals surface area contributed by atoms with Crippen molar-refractivity contribution in [2.45, 2.75) is 27.4 Å². The van der Waals surface area contributed by atoms with Crippen molar-refractivity contribution in [2.75, 3.05) is 18.1 Å². The molecule has 1 heterocycles. The van der Waals surface area contributed by atoms with E-state index in [2.05, 4.69) is 19.9 Å². The Labute approximate surface area is 211 Å². The number of rotatable bonds is 8. The van der Waals surface area contributed by atoms with E-state index in [0.717, 1.165) is 22.4 Å². The summed E-state index contributed by atoms with van der Waals surface area (Å²) >= 11 is 6.64. The van der Waals surface area contributed by atoms with Gasteiger partial charge >= 0.3 is 0 Å². The molecular weight excluding hydrogens is 460 g/mol. The summed E-state index contributed by atoms with van der Waals surface area (Å²) in [5.74, 6) is 1.21. The van der Waals surface area contributed by atoms with Gasteiger partial charge in [-0.1, -0.05) is 61.8 Å². The first-order valence-corrected chi connectivity index (χ1v) is 12.0. The highest BCUT2D eigenvalue weighted by molar-refractivity contribution is 6.36. The summed E-state index contributed by atoms with van der Waals surface area (Å²) in [5.41, 5.74) is 4.50. The molecule has 0 radical (unpaired) electrons. The molecule has 1 aliphatic rings. The minimum absolute atomic E-state index is 0.0255. The second kappa shape index (κ2) is 10.7. The normalized spacial score (nSPS) is 13.8. The molecule has 0 bridgehead atoms. The lowest BCUT2D eigenvalue weighted by atomic mass is 10.0. The molecule has 0 unspecified atom stereocenters. The zero-order chi connectivity index (χ0) is 24.9. The van der Waals surface area contributed by atoms with E-state index in [1.165, 1.54) is 0 Å². The lowest BCUT2D eigenvalue weighted by Crippen LogP contribution is -2.30. The molecule has 0 N–H and O–H groups in total. The van der Waals surface area contributed by atoms with E-state index in [1.54, 1.807) is 12.1 Å². The van der Waals surface area contributed by atoms with Crippen molar-refractivity contribution in [3.63, 3.8) is 0 Å². The van der Waals surface area contributed by atoms with Crippen LogP contribution in [0.1, 0.15) is 43.0 Å². The number of nitrogens with zero attached hydrogens (tertiary/aromatic N) is 2. The van der Waals surface area contributed by atoms with Gasteiger partial charge in [0.25, 0.3) is 5.91 Å². The molecule has 35 heavy (non-hydrogen) atoms. The Morgan fingerprint density at radius 3 is 2.57 bits per heavy atom. The van der Waals surface area contributed by atoms with Crippen LogP contribution in [0.15, 0.2) is 60.7 Å². The number of halogens is 1. The molecule has 0 atom stereocenters. The van der Waals surface area contributed by atoms with Gasteiger partial charge in [0.1, 0.15) is 6.61 Å². The highest BCUT2D eigenvalue weighted by Crippen LogP contribution is 2.41. The summed E-state index contributed by atoms with van der Waals surface area (Å²) < 4.78 is 11.8. The van der Waals surface area contributed by atoms with Crippen LogP contribution in [-0.4, -0.2) is 19.1 Å². The highest BCUT2D eigenvalue weighted by atomic mass is 35.5. The SMILES string of the molecule is CCOc1cc(/C=C2\C(=O)N(CC(C)C)c3ccccc32)cc(Cl)c1OCc1ccccc1C#N. The fourth-order valence-electron chi connectivity index (χ4n) is 4.14. The summed E-state index contributed by atoms with van der Waals surface area (Å²) in [6.45, 7) is 7.33. The zero-order valence-corrected chi connectivity index (χ0v) is 20.8. The number of fused-ring (bicyclic) bond motifs is 1. The maximum absolute atomic E-state index is 13.3. The Morgan fingerprint density at radius 1 is 1.09 bits per heavy atom. The van der Waals surface area contributed by atoms with Crippen LogP contribution in [0.5, 0.6) is 11.5 Å². The minimum atomic E-state index is -0.0255. The molecule has 0 fully saturated rings. The Kier molecular flexibility index (Phi) is 7.43. The zero-order valence-electron chi connectivity index (χ0n) is 20.0. The molecular formula is C29H27ClN2O3. The highest BCUT2D eigenvalue weighted by Gasteiger charge is 2.32. The molecule has 3 aromatic carbocycles. The molecule has 5 nitrogen and oxygen atoms in total. The summed E-state index contributed by atoms with van der Waals surface area (Å²) in [6.07, 6.45) is 1.85. The molecule has 4 rings (SSSR count). The average molecular weight is 487 g/mol. The summed E-state index contributed by atoms with van der Waals surface area (Å²) in [7, 11) is 0. The number of hydrogen-bond acceptors (Lipinski definition) is 4. The van der Waals surface area contributed by atoms with Gasteiger partial charge in [0.15, 0.2) is 11.5 Å². The van der Waals surface area contributed by atoms with E-state index < -0.39 is 0 Å². The van der Waals surface area contributed by atoms with Crippen LogP contribution >= 0.6 is 11.6 Å². The van der Waals surface area contributed by atoms with Crippen LogP contribution in [0, 0.1) is 17.2 Å². The van der Waals surface area contributed by atoms with Crippen molar-refractivity contribution in [3.05, 3.63) is 87.9 Å². The van der Waals surface area contributed by atoms with Gasteiger partial charge in [0.05, 0.1) is 28.9 Å². The van der Waals surface area contributed by atoms with Crippen molar-refractivity contribution in [1.29, 1.82) is 5.26 Å². The predicted octanol–water partition coefficient (Wildman–Crippen LogP) is 6.73. The van der Waals surface area contributed by atoms with Gasteiger partial charge in [-0.2, -0.15) is 5.26 Å². The third-order valence-corrected chi connectivity index (χ3v) is 5.94. The third kappa shape index (κ3) is 5.18. The lowest BCUT2D eigenvalue weighted by molar-refractivity contribution is -0.113. The minimum Gasteiger partial charge on any atom is -0.490 e. The number of carbonyl (C=O) groups excluding carboxylic acids is 1. The van der Waals surface area contributed by atoms with Crippen LogP contribution in [0.4, 0.5) is 5.69 Å². The van der Waals surface area contributed by atoms with Crippen LogP contribution in [0.25, 0.3) is 11.6 Å². The van der Waals surface area contributed by atoms with Crippen molar-refractivity contribution < 1.29 is 14.3 Å². The number of hydrogen-bond donors (Lipinski definition) is 0. The quantitative estimate of drug-likeness (QED) is 0.331. The molecule has 178 valence electrons. The Balaban J connectivity index is 1.69. The summed E-state index contributed by atoms with van der Waals surface area (Å²) in [5, 5.41) is 9.72. The average Bonchev–Trinajstić information content (AvgIpc) is 3.09. The van der Waals surface area contributed by atoms with Crippen LogP contribution in [0.3, 0.4) is 0 Å². The first kappa shape index (κ1) is 24.4. The number of para-hydroxylation sites is 1.